The number of hydrogen-bond donors (Lipinski definition) is 3. The van der Waals surface area contributed by atoms with E-state index in [1.54, 1.807) is 0 Å². The Hall–Kier alpha value is -1.78. The minimum atomic E-state index is -4.70. The molecule has 0 aromatic carbocycles. The van der Waals surface area contributed by atoms with E-state index < -0.39 is 51.1 Å². The minimum Gasteiger partial charge on any atom is -0.480 e. The van der Waals surface area contributed by atoms with Gasteiger partial charge in [-0.25, -0.2) is 4.57 Å². The highest BCUT2D eigenvalue weighted by Crippen LogP contribution is 2.43. The van der Waals surface area contributed by atoms with Crippen molar-refractivity contribution in [1.82, 2.24) is 0 Å². The second-order valence-corrected chi connectivity index (χ2v) is 14.2. The van der Waals surface area contributed by atoms with Crippen molar-refractivity contribution in [3.05, 3.63) is 12.2 Å². The van der Waals surface area contributed by atoms with E-state index in [0.29, 0.717) is 12.8 Å². The Morgan fingerprint density at radius 3 is 1.54 bits per heavy atom. The molecule has 0 radical (unpaired) electrons. The highest BCUT2D eigenvalue weighted by atomic mass is 31.2. The summed E-state index contributed by atoms with van der Waals surface area (Å²) in [6, 6.07) is -1.52. The van der Waals surface area contributed by atoms with E-state index in [1.165, 1.54) is 70.6 Å². The number of carbonyl (C=O) groups is 3. The van der Waals surface area contributed by atoms with Crippen molar-refractivity contribution in [1.29, 1.82) is 0 Å². The largest absolute Gasteiger partial charge is 0.480 e. The van der Waals surface area contributed by atoms with Crippen LogP contribution in [-0.4, -0.2) is 59.9 Å². The number of carboxylic acid groups (broad SMARTS) is 1. The van der Waals surface area contributed by atoms with Crippen molar-refractivity contribution in [3.63, 3.8) is 0 Å². The first-order chi connectivity index (χ1) is 23.1. The lowest BCUT2D eigenvalue weighted by atomic mass is 10.1. The van der Waals surface area contributed by atoms with Gasteiger partial charge in [0.15, 0.2) is 6.10 Å². The molecule has 0 amide bonds. The number of phosphoric ester groups is 1. The third kappa shape index (κ3) is 31.5. The maximum absolute atomic E-state index is 12.5. The number of rotatable bonds is 35. The monoisotopic (exact) mass is 705 g/mol. The Bertz CT molecular complexity index is 885. The van der Waals surface area contributed by atoms with Gasteiger partial charge in [-0.2, -0.15) is 0 Å². The van der Waals surface area contributed by atoms with Gasteiger partial charge in [-0.3, -0.25) is 23.4 Å². The molecule has 12 heteroatoms. The SMILES string of the molecule is CCCCCC/C=C/CCCCCCCC(=O)OC[C@H](COP(=O)(O)OC[C@H](N)C(=O)O)OC(=O)CCCCCCCCCCCCC. The lowest BCUT2D eigenvalue weighted by Gasteiger charge is -2.20. The molecular formula is C36H68NO10P. The number of hydrogen-bond acceptors (Lipinski definition) is 9. The van der Waals surface area contributed by atoms with E-state index in [9.17, 15) is 23.8 Å². The minimum absolute atomic E-state index is 0.164. The molecular weight excluding hydrogens is 637 g/mol. The molecule has 1 unspecified atom stereocenters. The summed E-state index contributed by atoms with van der Waals surface area (Å²) < 4.78 is 32.5. The van der Waals surface area contributed by atoms with Gasteiger partial charge in [-0.1, -0.05) is 129 Å². The zero-order valence-corrected chi connectivity index (χ0v) is 31.0. The van der Waals surface area contributed by atoms with Crippen LogP contribution in [0.5, 0.6) is 0 Å². The number of carbonyl (C=O) groups excluding carboxylic acids is 2. The molecule has 0 saturated carbocycles. The third-order valence-corrected chi connectivity index (χ3v) is 8.96. The third-order valence-electron chi connectivity index (χ3n) is 8.01. The van der Waals surface area contributed by atoms with Crippen LogP contribution in [0.4, 0.5) is 0 Å². The van der Waals surface area contributed by atoms with Crippen molar-refractivity contribution in [2.24, 2.45) is 5.73 Å². The molecule has 0 spiro atoms. The molecule has 48 heavy (non-hydrogen) atoms. The molecule has 0 aliphatic carbocycles. The van der Waals surface area contributed by atoms with Crippen LogP contribution in [0.2, 0.25) is 0 Å². The Labute approximate surface area is 290 Å². The average molecular weight is 706 g/mol. The Balaban J connectivity index is 4.45. The average Bonchev–Trinajstić information content (AvgIpc) is 3.05. The van der Waals surface area contributed by atoms with Crippen LogP contribution in [0, 0.1) is 0 Å². The summed E-state index contributed by atoms with van der Waals surface area (Å²) in [4.78, 5) is 45.6. The van der Waals surface area contributed by atoms with Gasteiger partial charge in [0.05, 0.1) is 13.2 Å². The molecule has 11 nitrogen and oxygen atoms in total. The van der Waals surface area contributed by atoms with Crippen molar-refractivity contribution in [3.8, 4) is 0 Å². The zero-order chi connectivity index (χ0) is 35.7. The topological polar surface area (TPSA) is 172 Å². The van der Waals surface area contributed by atoms with E-state index in [2.05, 4.69) is 30.5 Å². The molecule has 0 bridgehead atoms. The van der Waals surface area contributed by atoms with Crippen LogP contribution in [0.3, 0.4) is 0 Å². The van der Waals surface area contributed by atoms with E-state index in [-0.39, 0.29) is 19.4 Å². The first-order valence-electron chi connectivity index (χ1n) is 18.7. The van der Waals surface area contributed by atoms with E-state index in [0.717, 1.165) is 57.8 Å². The second kappa shape index (κ2) is 32.4. The predicted octanol–water partition coefficient (Wildman–Crippen LogP) is 8.95. The molecule has 0 aromatic heterocycles. The number of nitrogens with two attached hydrogens (primary N) is 1. The van der Waals surface area contributed by atoms with E-state index in [1.807, 2.05) is 0 Å². The molecule has 0 heterocycles. The summed E-state index contributed by atoms with van der Waals surface area (Å²) in [7, 11) is -4.70. The highest BCUT2D eigenvalue weighted by Gasteiger charge is 2.28. The molecule has 0 fully saturated rings. The standard InChI is InChI=1S/C36H68NO10P/c1-3-5-7-9-11-13-15-16-18-19-21-23-25-27-34(38)44-29-32(30-45-48(42,43)46-31-33(37)36(40)41)47-35(39)28-26-24-22-20-17-14-12-10-8-6-4-2/h13,15,32-33H,3-12,14,16-31,37H2,1-2H3,(H,40,41)(H,42,43)/b15-13+/t32-,33+/m1/s1. The molecule has 0 aliphatic heterocycles. The zero-order valence-electron chi connectivity index (χ0n) is 30.1. The smallest absolute Gasteiger partial charge is 0.472 e. The number of phosphoric acid groups is 1. The van der Waals surface area contributed by atoms with Crippen LogP contribution in [-0.2, 0) is 37.5 Å². The fourth-order valence-electron chi connectivity index (χ4n) is 5.00. The molecule has 0 rings (SSSR count). The lowest BCUT2D eigenvalue weighted by molar-refractivity contribution is -0.161. The van der Waals surface area contributed by atoms with Gasteiger partial charge in [0.1, 0.15) is 12.6 Å². The lowest BCUT2D eigenvalue weighted by Crippen LogP contribution is -2.34. The van der Waals surface area contributed by atoms with Crippen LogP contribution in [0.1, 0.15) is 168 Å². The number of allylic oxidation sites excluding steroid dienone is 2. The maximum Gasteiger partial charge on any atom is 0.472 e. The van der Waals surface area contributed by atoms with Gasteiger partial charge >= 0.3 is 25.7 Å². The van der Waals surface area contributed by atoms with Crippen molar-refractivity contribution in [2.45, 2.75) is 180 Å². The first-order valence-corrected chi connectivity index (χ1v) is 20.2. The normalized spacial score (nSPS) is 14.1. The number of ether oxygens (including phenoxy) is 2. The Kier molecular flexibility index (Phi) is 31.2. The molecule has 0 aromatic rings. The van der Waals surface area contributed by atoms with Crippen molar-refractivity contribution >= 4 is 25.7 Å². The number of carboxylic acids is 1. The summed E-state index contributed by atoms with van der Waals surface area (Å²) in [6.45, 7) is 2.75. The number of esters is 2. The van der Waals surface area contributed by atoms with Crippen LogP contribution < -0.4 is 5.73 Å². The number of aliphatic carboxylic acids is 1. The molecule has 0 aliphatic rings. The molecule has 282 valence electrons. The number of unbranched alkanes of at least 4 members (excludes halogenated alkanes) is 19. The summed E-state index contributed by atoms with van der Waals surface area (Å²) in [5, 5.41) is 8.84. The van der Waals surface area contributed by atoms with Gasteiger partial charge in [-0.15, -0.1) is 0 Å². The fourth-order valence-corrected chi connectivity index (χ4v) is 5.78. The van der Waals surface area contributed by atoms with Crippen LogP contribution >= 0.6 is 7.82 Å². The molecule has 4 N–H and O–H groups in total. The maximum atomic E-state index is 12.5. The van der Waals surface area contributed by atoms with Crippen molar-refractivity contribution in [2.75, 3.05) is 19.8 Å². The Morgan fingerprint density at radius 2 is 1.04 bits per heavy atom. The van der Waals surface area contributed by atoms with Gasteiger partial charge in [0, 0.05) is 12.8 Å². The Morgan fingerprint density at radius 1 is 0.625 bits per heavy atom. The van der Waals surface area contributed by atoms with Gasteiger partial charge in [-0.05, 0) is 38.5 Å². The summed E-state index contributed by atoms with van der Waals surface area (Å²) >= 11 is 0. The fraction of sp³-hybridized carbons (Fsp3) is 0.861. The van der Waals surface area contributed by atoms with E-state index >= 15 is 0 Å². The van der Waals surface area contributed by atoms with Crippen molar-refractivity contribution < 1.29 is 47.5 Å². The predicted molar refractivity (Wildman–Crippen MR) is 189 cm³/mol. The quantitative estimate of drug-likeness (QED) is 0.0249. The van der Waals surface area contributed by atoms with Gasteiger partial charge in [0.25, 0.3) is 0 Å². The first kappa shape index (κ1) is 46.2. The van der Waals surface area contributed by atoms with Crippen LogP contribution in [0.25, 0.3) is 0 Å². The molecule has 3 atom stereocenters. The van der Waals surface area contributed by atoms with Crippen LogP contribution in [0.15, 0.2) is 12.2 Å². The highest BCUT2D eigenvalue weighted by molar-refractivity contribution is 7.47. The molecule has 0 saturated heterocycles. The van der Waals surface area contributed by atoms with Gasteiger partial charge in [0.2, 0.25) is 0 Å². The summed E-state index contributed by atoms with van der Waals surface area (Å²) in [5.74, 6) is -2.39. The summed E-state index contributed by atoms with van der Waals surface area (Å²) in [6.07, 6.45) is 28.5. The second-order valence-electron chi connectivity index (χ2n) is 12.7. The summed E-state index contributed by atoms with van der Waals surface area (Å²) in [5.41, 5.74) is 5.31. The van der Waals surface area contributed by atoms with Gasteiger partial charge < -0.3 is 25.2 Å². The van der Waals surface area contributed by atoms with E-state index in [4.69, 9.17) is 24.8 Å².